The highest BCUT2D eigenvalue weighted by Gasteiger charge is 2.29. The van der Waals surface area contributed by atoms with Crippen LogP contribution in [0.2, 0.25) is 0 Å². The van der Waals surface area contributed by atoms with Crippen molar-refractivity contribution in [3.63, 3.8) is 0 Å². The van der Waals surface area contributed by atoms with E-state index in [1.165, 1.54) is 7.11 Å². The summed E-state index contributed by atoms with van der Waals surface area (Å²) in [5, 5.41) is 6.15. The lowest BCUT2D eigenvalue weighted by molar-refractivity contribution is -0.146. The Bertz CT molecular complexity index is 490. The summed E-state index contributed by atoms with van der Waals surface area (Å²) in [5.41, 5.74) is 0.736. The quantitative estimate of drug-likeness (QED) is 0.823. The molecule has 1 aliphatic heterocycles. The standard InChI is InChI=1S/C16H22N2O3/c1-11-10-13(8-9-17-11)15(19)18-14(16(20)21-2)12-6-4-3-5-7-12/h3-7,11,13-14,17H,8-10H2,1-2H3,(H,18,19)/t11-,13-,14?/m0/s1. The number of nitrogens with one attached hydrogen (secondary N) is 2. The monoisotopic (exact) mass is 290 g/mol. The summed E-state index contributed by atoms with van der Waals surface area (Å²) < 4.78 is 4.81. The molecule has 1 aromatic carbocycles. The number of carbonyl (C=O) groups excluding carboxylic acids is 2. The molecule has 1 aliphatic rings. The minimum absolute atomic E-state index is 0.0582. The molecule has 5 heteroatoms. The Balaban J connectivity index is 2.08. The predicted octanol–water partition coefficient (Wildman–Crippen LogP) is 1.40. The molecule has 21 heavy (non-hydrogen) atoms. The van der Waals surface area contributed by atoms with E-state index in [2.05, 4.69) is 17.6 Å². The molecule has 5 nitrogen and oxygen atoms in total. The number of methoxy groups -OCH3 is 1. The fourth-order valence-electron chi connectivity index (χ4n) is 2.67. The number of piperidine rings is 1. The first-order chi connectivity index (χ1) is 10.1. The average Bonchev–Trinajstić information content (AvgIpc) is 2.52. The molecule has 0 aromatic heterocycles. The minimum atomic E-state index is -0.742. The molecule has 114 valence electrons. The van der Waals surface area contributed by atoms with Crippen LogP contribution in [-0.4, -0.2) is 31.6 Å². The third kappa shape index (κ3) is 4.04. The highest BCUT2D eigenvalue weighted by Crippen LogP contribution is 2.20. The number of hydrogen-bond donors (Lipinski definition) is 2. The number of esters is 1. The smallest absolute Gasteiger partial charge is 0.333 e. The third-order valence-electron chi connectivity index (χ3n) is 3.85. The normalized spacial score (nSPS) is 23.1. The molecule has 0 spiro atoms. The van der Waals surface area contributed by atoms with Crippen LogP contribution in [0.4, 0.5) is 0 Å². The first kappa shape index (κ1) is 15.5. The number of ether oxygens (including phenoxy) is 1. The first-order valence-corrected chi connectivity index (χ1v) is 7.28. The van der Waals surface area contributed by atoms with Crippen molar-refractivity contribution in [2.75, 3.05) is 13.7 Å². The summed E-state index contributed by atoms with van der Waals surface area (Å²) in [7, 11) is 1.33. The topological polar surface area (TPSA) is 67.4 Å². The van der Waals surface area contributed by atoms with E-state index in [0.29, 0.717) is 6.04 Å². The molecular formula is C16H22N2O3. The molecule has 3 atom stereocenters. The van der Waals surface area contributed by atoms with Gasteiger partial charge in [-0.05, 0) is 31.9 Å². The van der Waals surface area contributed by atoms with Crippen molar-refractivity contribution in [3.05, 3.63) is 35.9 Å². The van der Waals surface area contributed by atoms with Crippen LogP contribution in [-0.2, 0) is 14.3 Å². The number of rotatable bonds is 4. The zero-order valence-electron chi connectivity index (χ0n) is 12.5. The molecule has 0 radical (unpaired) electrons. The van der Waals surface area contributed by atoms with Gasteiger partial charge >= 0.3 is 5.97 Å². The number of amides is 1. The SMILES string of the molecule is COC(=O)C(NC(=O)[C@H]1CCN[C@@H](C)C1)c1ccccc1. The lowest BCUT2D eigenvalue weighted by atomic mass is 9.92. The second kappa shape index (κ2) is 7.22. The van der Waals surface area contributed by atoms with Crippen LogP contribution in [0.25, 0.3) is 0 Å². The van der Waals surface area contributed by atoms with E-state index in [4.69, 9.17) is 4.74 Å². The predicted molar refractivity (Wildman–Crippen MR) is 79.5 cm³/mol. The molecule has 1 amide bonds. The maximum Gasteiger partial charge on any atom is 0.333 e. The second-order valence-electron chi connectivity index (χ2n) is 5.45. The summed E-state index contributed by atoms with van der Waals surface area (Å²) in [6, 6.07) is 8.75. The summed E-state index contributed by atoms with van der Waals surface area (Å²) >= 11 is 0. The summed E-state index contributed by atoms with van der Waals surface area (Å²) in [6.07, 6.45) is 1.58. The van der Waals surface area contributed by atoms with Gasteiger partial charge in [0.15, 0.2) is 6.04 Å². The maximum absolute atomic E-state index is 12.4. The van der Waals surface area contributed by atoms with E-state index in [1.807, 2.05) is 30.3 Å². The highest BCUT2D eigenvalue weighted by atomic mass is 16.5. The van der Waals surface area contributed by atoms with Gasteiger partial charge in [0.05, 0.1) is 7.11 Å². The molecule has 0 aliphatic carbocycles. The fraction of sp³-hybridized carbons (Fsp3) is 0.500. The van der Waals surface area contributed by atoms with Gasteiger partial charge in [-0.15, -0.1) is 0 Å². The van der Waals surface area contributed by atoms with Gasteiger partial charge in [-0.25, -0.2) is 4.79 Å². The van der Waals surface area contributed by atoms with E-state index >= 15 is 0 Å². The van der Waals surface area contributed by atoms with E-state index in [9.17, 15) is 9.59 Å². The van der Waals surface area contributed by atoms with Gasteiger partial charge in [-0.3, -0.25) is 4.79 Å². The molecule has 0 saturated carbocycles. The van der Waals surface area contributed by atoms with Crippen molar-refractivity contribution < 1.29 is 14.3 Å². The Labute approximate surface area is 125 Å². The van der Waals surface area contributed by atoms with E-state index < -0.39 is 12.0 Å². The summed E-state index contributed by atoms with van der Waals surface area (Å²) in [4.78, 5) is 24.3. The van der Waals surface area contributed by atoms with Crippen LogP contribution < -0.4 is 10.6 Å². The summed E-state index contributed by atoms with van der Waals surface area (Å²) in [5.74, 6) is -0.587. The van der Waals surface area contributed by atoms with Gasteiger partial charge in [-0.1, -0.05) is 30.3 Å². The molecule has 2 rings (SSSR count). The number of carbonyl (C=O) groups is 2. The van der Waals surface area contributed by atoms with Gasteiger partial charge < -0.3 is 15.4 Å². The van der Waals surface area contributed by atoms with Crippen LogP contribution in [0.15, 0.2) is 30.3 Å². The van der Waals surface area contributed by atoms with Gasteiger partial charge in [0, 0.05) is 12.0 Å². The van der Waals surface area contributed by atoms with Gasteiger partial charge in [0.1, 0.15) is 0 Å². The Morgan fingerprint density at radius 2 is 2.05 bits per heavy atom. The summed E-state index contributed by atoms with van der Waals surface area (Å²) in [6.45, 7) is 2.89. The molecule has 0 bridgehead atoms. The Kier molecular flexibility index (Phi) is 5.33. The van der Waals surface area contributed by atoms with Crippen LogP contribution in [0.5, 0.6) is 0 Å². The van der Waals surface area contributed by atoms with Crippen LogP contribution in [0.3, 0.4) is 0 Å². The van der Waals surface area contributed by atoms with Crippen molar-refractivity contribution in [2.24, 2.45) is 5.92 Å². The van der Waals surface area contributed by atoms with Crippen LogP contribution in [0, 0.1) is 5.92 Å². The second-order valence-corrected chi connectivity index (χ2v) is 5.45. The zero-order valence-corrected chi connectivity index (χ0v) is 12.5. The van der Waals surface area contributed by atoms with Crippen molar-refractivity contribution >= 4 is 11.9 Å². The minimum Gasteiger partial charge on any atom is -0.467 e. The fourth-order valence-corrected chi connectivity index (χ4v) is 2.67. The van der Waals surface area contributed by atoms with Crippen molar-refractivity contribution in [1.29, 1.82) is 0 Å². The van der Waals surface area contributed by atoms with E-state index in [-0.39, 0.29) is 11.8 Å². The zero-order chi connectivity index (χ0) is 15.2. The highest BCUT2D eigenvalue weighted by molar-refractivity contribution is 5.86. The molecule has 1 heterocycles. The molecule has 1 fully saturated rings. The van der Waals surface area contributed by atoms with Crippen molar-refractivity contribution in [3.8, 4) is 0 Å². The third-order valence-corrected chi connectivity index (χ3v) is 3.85. The average molecular weight is 290 g/mol. The molecule has 1 aromatic rings. The number of hydrogen-bond acceptors (Lipinski definition) is 4. The largest absolute Gasteiger partial charge is 0.467 e. The molecule has 1 unspecified atom stereocenters. The molecule has 2 N–H and O–H groups in total. The van der Waals surface area contributed by atoms with Gasteiger partial charge in [0.25, 0.3) is 0 Å². The lowest BCUT2D eigenvalue weighted by Gasteiger charge is -2.28. The first-order valence-electron chi connectivity index (χ1n) is 7.28. The maximum atomic E-state index is 12.4. The molecular weight excluding hydrogens is 268 g/mol. The van der Waals surface area contributed by atoms with Crippen LogP contribution in [0.1, 0.15) is 31.4 Å². The Morgan fingerprint density at radius 3 is 2.67 bits per heavy atom. The Hall–Kier alpha value is -1.88. The van der Waals surface area contributed by atoms with Gasteiger partial charge in [0.2, 0.25) is 5.91 Å². The van der Waals surface area contributed by atoms with Crippen molar-refractivity contribution in [1.82, 2.24) is 10.6 Å². The van der Waals surface area contributed by atoms with E-state index in [1.54, 1.807) is 0 Å². The lowest BCUT2D eigenvalue weighted by Crippen LogP contribution is -2.44. The van der Waals surface area contributed by atoms with Crippen molar-refractivity contribution in [2.45, 2.75) is 31.8 Å². The number of benzene rings is 1. The molecule has 1 saturated heterocycles. The van der Waals surface area contributed by atoms with E-state index in [0.717, 1.165) is 24.9 Å². The Morgan fingerprint density at radius 1 is 1.33 bits per heavy atom. The van der Waals surface area contributed by atoms with Gasteiger partial charge in [-0.2, -0.15) is 0 Å². The van der Waals surface area contributed by atoms with Crippen LogP contribution >= 0.6 is 0 Å².